The largest absolute Gasteiger partial charge is 0.359 e. The van der Waals surface area contributed by atoms with Gasteiger partial charge in [-0.05, 0) is 19.1 Å². The maximum atomic E-state index is 12.6. The van der Waals surface area contributed by atoms with E-state index < -0.39 is 0 Å². The van der Waals surface area contributed by atoms with Gasteiger partial charge in [-0.1, -0.05) is 17.3 Å². The Bertz CT molecular complexity index is 928. The Labute approximate surface area is 150 Å². The first-order valence-electron chi connectivity index (χ1n) is 8.10. The summed E-state index contributed by atoms with van der Waals surface area (Å²) in [6, 6.07) is 8.99. The first-order valence-corrected chi connectivity index (χ1v) is 8.10. The van der Waals surface area contributed by atoms with Gasteiger partial charge >= 0.3 is 0 Å². The number of carbonyl (C=O) groups excluding carboxylic acids is 2. The van der Waals surface area contributed by atoms with Crippen molar-refractivity contribution >= 4 is 11.8 Å². The zero-order valence-electron chi connectivity index (χ0n) is 14.5. The molecule has 8 nitrogen and oxygen atoms in total. The maximum Gasteiger partial charge on any atom is 0.253 e. The minimum absolute atomic E-state index is 0.123. The van der Waals surface area contributed by atoms with E-state index in [9.17, 15) is 9.59 Å². The van der Waals surface area contributed by atoms with Gasteiger partial charge in [0.05, 0.1) is 42.1 Å². The van der Waals surface area contributed by atoms with E-state index in [0.29, 0.717) is 29.2 Å². The monoisotopic (exact) mass is 353 g/mol. The van der Waals surface area contributed by atoms with Crippen molar-refractivity contribution in [3.8, 4) is 5.69 Å². The van der Waals surface area contributed by atoms with Crippen LogP contribution in [0.15, 0.2) is 47.4 Å². The summed E-state index contributed by atoms with van der Waals surface area (Å²) >= 11 is 0. The van der Waals surface area contributed by atoms with Gasteiger partial charge in [-0.25, -0.2) is 4.98 Å². The van der Waals surface area contributed by atoms with Crippen LogP contribution in [0.3, 0.4) is 0 Å². The zero-order valence-corrected chi connectivity index (χ0v) is 14.5. The molecule has 3 aromatic rings. The summed E-state index contributed by atoms with van der Waals surface area (Å²) in [5, 5.41) is 9.31. The summed E-state index contributed by atoms with van der Waals surface area (Å²) in [5.74, 6) is 0.238. The molecule has 0 atom stereocenters. The van der Waals surface area contributed by atoms with Gasteiger partial charge in [0.2, 0.25) is 5.91 Å². The number of hydrogen-bond acceptors (Lipinski definition) is 5. The fraction of sp³-hybridized carbons (Fsp3) is 0.222. The van der Waals surface area contributed by atoms with Crippen molar-refractivity contribution in [2.24, 2.45) is 0 Å². The van der Waals surface area contributed by atoms with Crippen molar-refractivity contribution in [2.45, 2.75) is 26.9 Å². The summed E-state index contributed by atoms with van der Waals surface area (Å²) in [6.45, 7) is 3.86. The average molecular weight is 353 g/mol. The molecule has 0 bridgehead atoms. The van der Waals surface area contributed by atoms with Crippen molar-refractivity contribution < 1.29 is 14.1 Å². The van der Waals surface area contributed by atoms with Crippen LogP contribution in [0.1, 0.15) is 34.4 Å². The Morgan fingerprint density at radius 2 is 2.00 bits per heavy atom. The molecule has 0 unspecified atom stereocenters. The Balaban J connectivity index is 1.75. The van der Waals surface area contributed by atoms with E-state index >= 15 is 0 Å². The highest BCUT2D eigenvalue weighted by Crippen LogP contribution is 2.15. The molecular formula is C18H19N5O3. The molecule has 134 valence electrons. The number of nitrogens with zero attached hydrogens (tertiary/aromatic N) is 3. The van der Waals surface area contributed by atoms with Gasteiger partial charge < -0.3 is 19.7 Å². The Kier molecular flexibility index (Phi) is 5.12. The van der Waals surface area contributed by atoms with E-state index in [-0.39, 0.29) is 18.4 Å². The molecule has 0 saturated heterocycles. The summed E-state index contributed by atoms with van der Waals surface area (Å²) in [4.78, 5) is 27.8. The zero-order chi connectivity index (χ0) is 18.5. The number of imidazole rings is 1. The van der Waals surface area contributed by atoms with Crippen LogP contribution >= 0.6 is 0 Å². The molecule has 0 fully saturated rings. The Morgan fingerprint density at radius 3 is 2.73 bits per heavy atom. The molecule has 0 saturated carbocycles. The number of carbonyl (C=O) groups is 2. The average Bonchev–Trinajstić information content (AvgIpc) is 3.27. The van der Waals surface area contributed by atoms with Gasteiger partial charge in [-0.2, -0.15) is 0 Å². The summed E-state index contributed by atoms with van der Waals surface area (Å²) in [7, 11) is 0. The van der Waals surface area contributed by atoms with E-state index in [2.05, 4.69) is 20.8 Å². The van der Waals surface area contributed by atoms with Crippen LogP contribution in [0.2, 0.25) is 0 Å². The molecule has 0 aliphatic heterocycles. The Morgan fingerprint density at radius 1 is 1.19 bits per heavy atom. The second-order valence-electron chi connectivity index (χ2n) is 5.82. The van der Waals surface area contributed by atoms with Crippen LogP contribution < -0.4 is 10.6 Å². The molecular weight excluding hydrogens is 334 g/mol. The minimum atomic E-state index is -0.230. The number of hydrogen-bond donors (Lipinski definition) is 2. The van der Waals surface area contributed by atoms with Crippen LogP contribution in [-0.4, -0.2) is 26.5 Å². The van der Waals surface area contributed by atoms with Crippen LogP contribution in [0.25, 0.3) is 5.69 Å². The van der Waals surface area contributed by atoms with E-state index in [0.717, 1.165) is 5.69 Å². The maximum absolute atomic E-state index is 12.6. The predicted octanol–water partition coefficient (Wildman–Crippen LogP) is 1.73. The SMILES string of the molecule is CC(=O)NCc1cn(-c2ccccc2C(=O)NCc2cc(C)no2)cn1. The van der Waals surface area contributed by atoms with Gasteiger partial charge in [-0.3, -0.25) is 9.59 Å². The third-order valence-corrected chi connectivity index (χ3v) is 3.68. The van der Waals surface area contributed by atoms with Gasteiger partial charge in [0, 0.05) is 19.2 Å². The summed E-state index contributed by atoms with van der Waals surface area (Å²) in [5.41, 5.74) is 2.67. The number of aryl methyl sites for hydroxylation is 1. The van der Waals surface area contributed by atoms with Crippen LogP contribution in [0.4, 0.5) is 0 Å². The standard InChI is InChI=1S/C18H19N5O3/c1-12-7-15(26-22-12)9-20-18(25)16-5-3-4-6-17(16)23-10-14(21-11-23)8-19-13(2)24/h3-7,10-11H,8-9H2,1-2H3,(H,19,24)(H,20,25). The van der Waals surface area contributed by atoms with Crippen LogP contribution in [0.5, 0.6) is 0 Å². The number of rotatable bonds is 6. The van der Waals surface area contributed by atoms with E-state index in [1.165, 1.54) is 6.92 Å². The normalized spacial score (nSPS) is 10.5. The fourth-order valence-corrected chi connectivity index (χ4v) is 2.45. The third kappa shape index (κ3) is 4.15. The van der Waals surface area contributed by atoms with Crippen molar-refractivity contribution in [2.75, 3.05) is 0 Å². The van der Waals surface area contributed by atoms with Gasteiger partial charge in [0.25, 0.3) is 5.91 Å². The smallest absolute Gasteiger partial charge is 0.253 e. The van der Waals surface area contributed by atoms with E-state index in [1.54, 1.807) is 35.3 Å². The van der Waals surface area contributed by atoms with Gasteiger partial charge in [0.1, 0.15) is 0 Å². The topological polar surface area (TPSA) is 102 Å². The summed E-state index contributed by atoms with van der Waals surface area (Å²) < 4.78 is 6.86. The fourth-order valence-electron chi connectivity index (χ4n) is 2.45. The van der Waals surface area contributed by atoms with Crippen molar-refractivity contribution in [3.05, 3.63) is 65.6 Å². The third-order valence-electron chi connectivity index (χ3n) is 3.68. The van der Waals surface area contributed by atoms with Gasteiger partial charge in [0.15, 0.2) is 5.76 Å². The van der Waals surface area contributed by atoms with E-state index in [1.807, 2.05) is 19.1 Å². The molecule has 1 aromatic carbocycles. The lowest BCUT2D eigenvalue weighted by atomic mass is 10.1. The lowest BCUT2D eigenvalue weighted by molar-refractivity contribution is -0.119. The molecule has 0 radical (unpaired) electrons. The molecule has 2 aromatic heterocycles. The van der Waals surface area contributed by atoms with Crippen LogP contribution in [0, 0.1) is 6.92 Å². The second kappa shape index (κ2) is 7.64. The molecule has 26 heavy (non-hydrogen) atoms. The van der Waals surface area contributed by atoms with E-state index in [4.69, 9.17) is 4.52 Å². The minimum Gasteiger partial charge on any atom is -0.359 e. The molecule has 2 N–H and O–H groups in total. The number of nitrogens with one attached hydrogen (secondary N) is 2. The number of aromatic nitrogens is 3. The highest BCUT2D eigenvalue weighted by molar-refractivity contribution is 5.97. The van der Waals surface area contributed by atoms with Crippen LogP contribution in [-0.2, 0) is 17.9 Å². The molecule has 8 heteroatoms. The summed E-state index contributed by atoms with van der Waals surface area (Å²) in [6.07, 6.45) is 3.39. The number of benzene rings is 1. The number of amides is 2. The second-order valence-corrected chi connectivity index (χ2v) is 5.82. The van der Waals surface area contributed by atoms with Crippen molar-refractivity contribution in [1.82, 2.24) is 25.3 Å². The predicted molar refractivity (Wildman–Crippen MR) is 93.5 cm³/mol. The lowest BCUT2D eigenvalue weighted by Gasteiger charge is -2.10. The highest BCUT2D eigenvalue weighted by Gasteiger charge is 2.13. The van der Waals surface area contributed by atoms with Crippen molar-refractivity contribution in [3.63, 3.8) is 0 Å². The first-order chi connectivity index (χ1) is 12.5. The molecule has 3 rings (SSSR count). The number of para-hydroxylation sites is 1. The molecule has 2 amide bonds. The highest BCUT2D eigenvalue weighted by atomic mass is 16.5. The quantitative estimate of drug-likeness (QED) is 0.703. The van der Waals surface area contributed by atoms with Gasteiger partial charge in [-0.15, -0.1) is 0 Å². The molecule has 0 aliphatic rings. The lowest BCUT2D eigenvalue weighted by Crippen LogP contribution is -2.24. The molecule has 0 spiro atoms. The van der Waals surface area contributed by atoms with Crippen molar-refractivity contribution in [1.29, 1.82) is 0 Å². The molecule has 0 aliphatic carbocycles. The molecule has 2 heterocycles. The Hall–Kier alpha value is -3.42. The first kappa shape index (κ1) is 17.4.